The lowest BCUT2D eigenvalue weighted by molar-refractivity contribution is -0.120. The van der Waals surface area contributed by atoms with Gasteiger partial charge >= 0.3 is 0 Å². The molecule has 0 aliphatic rings. The molecule has 3 N–H and O–H groups in total. The molecule has 3 aromatic rings. The molecule has 1 amide bonds. The molecule has 136 valence electrons. The highest BCUT2D eigenvalue weighted by atomic mass is 16.5. The van der Waals surface area contributed by atoms with Gasteiger partial charge in [0.2, 0.25) is 5.91 Å². The zero-order chi connectivity index (χ0) is 18.5. The maximum atomic E-state index is 12.2. The summed E-state index contributed by atoms with van der Waals surface area (Å²) in [5.41, 5.74) is 2.67. The minimum absolute atomic E-state index is 0.0678. The first kappa shape index (κ1) is 18.0. The average Bonchev–Trinajstić information content (AvgIpc) is 3.02. The molecular weight excluding hydrogens is 328 g/mol. The third kappa shape index (κ3) is 4.43. The number of aromatic nitrogens is 1. The number of hydrogen-bond acceptors (Lipinski definition) is 3. The van der Waals surface area contributed by atoms with Crippen molar-refractivity contribution in [3.63, 3.8) is 0 Å². The van der Waals surface area contributed by atoms with Crippen molar-refractivity contribution in [3.8, 4) is 5.75 Å². The molecular formula is C21H24N2O3. The monoisotopic (exact) mass is 352 g/mol. The van der Waals surface area contributed by atoms with Gasteiger partial charge in [-0.05, 0) is 43.2 Å². The summed E-state index contributed by atoms with van der Waals surface area (Å²) in [7, 11) is 0. The molecule has 5 nitrogen and oxygen atoms in total. The van der Waals surface area contributed by atoms with Gasteiger partial charge in [0.1, 0.15) is 5.75 Å². The molecule has 1 atom stereocenters. The van der Waals surface area contributed by atoms with Crippen molar-refractivity contribution in [1.29, 1.82) is 0 Å². The molecule has 5 heteroatoms. The van der Waals surface area contributed by atoms with Crippen LogP contribution in [0, 0.1) is 0 Å². The average molecular weight is 352 g/mol. The summed E-state index contributed by atoms with van der Waals surface area (Å²) in [5, 5.41) is 14.2. The van der Waals surface area contributed by atoms with Crippen molar-refractivity contribution >= 4 is 16.8 Å². The van der Waals surface area contributed by atoms with E-state index in [1.165, 1.54) is 0 Å². The highest BCUT2D eigenvalue weighted by molar-refractivity contribution is 5.88. The van der Waals surface area contributed by atoms with Crippen LogP contribution in [0.25, 0.3) is 10.9 Å². The van der Waals surface area contributed by atoms with Crippen molar-refractivity contribution in [1.82, 2.24) is 10.3 Å². The molecule has 2 aromatic carbocycles. The van der Waals surface area contributed by atoms with Gasteiger partial charge in [-0.2, -0.15) is 0 Å². The number of carbonyl (C=O) groups excluding carboxylic acids is 1. The number of aromatic amines is 1. The van der Waals surface area contributed by atoms with Crippen LogP contribution >= 0.6 is 0 Å². The van der Waals surface area contributed by atoms with Crippen molar-refractivity contribution in [2.75, 3.05) is 6.54 Å². The first-order valence-electron chi connectivity index (χ1n) is 8.79. The maximum absolute atomic E-state index is 12.2. The smallest absolute Gasteiger partial charge is 0.224 e. The fraction of sp³-hybridized carbons (Fsp3) is 0.286. The number of rotatable bonds is 7. The topological polar surface area (TPSA) is 74.3 Å². The summed E-state index contributed by atoms with van der Waals surface area (Å²) >= 11 is 0. The van der Waals surface area contributed by atoms with Crippen LogP contribution in [0.3, 0.4) is 0 Å². The summed E-state index contributed by atoms with van der Waals surface area (Å²) in [6.07, 6.45) is 1.41. The Morgan fingerprint density at radius 1 is 1.19 bits per heavy atom. The zero-order valence-corrected chi connectivity index (χ0v) is 15.0. The Morgan fingerprint density at radius 2 is 2.00 bits per heavy atom. The van der Waals surface area contributed by atoms with Gasteiger partial charge in [0.05, 0.1) is 18.6 Å². The SMILES string of the molecule is CC(C)Oc1cccc(C(O)CNC(=O)Cc2c[nH]c3ccccc23)c1. The number of amides is 1. The van der Waals surface area contributed by atoms with E-state index in [1.807, 2.05) is 62.5 Å². The molecule has 0 fully saturated rings. The van der Waals surface area contributed by atoms with Gasteiger partial charge in [0.25, 0.3) is 0 Å². The number of aliphatic hydroxyl groups excluding tert-OH is 1. The van der Waals surface area contributed by atoms with E-state index in [9.17, 15) is 9.90 Å². The van der Waals surface area contributed by atoms with Crippen molar-refractivity contribution in [3.05, 3.63) is 65.9 Å². The van der Waals surface area contributed by atoms with E-state index >= 15 is 0 Å². The highest BCUT2D eigenvalue weighted by Crippen LogP contribution is 2.20. The number of H-pyrrole nitrogens is 1. The van der Waals surface area contributed by atoms with Crippen LogP contribution in [-0.4, -0.2) is 28.6 Å². The molecule has 0 saturated carbocycles. The Balaban J connectivity index is 1.57. The quantitative estimate of drug-likeness (QED) is 0.610. The van der Waals surface area contributed by atoms with Gasteiger partial charge < -0.3 is 20.1 Å². The number of ether oxygens (including phenoxy) is 1. The number of hydrogen-bond donors (Lipinski definition) is 3. The van der Waals surface area contributed by atoms with Gasteiger partial charge in [-0.15, -0.1) is 0 Å². The number of fused-ring (bicyclic) bond motifs is 1. The first-order chi connectivity index (χ1) is 12.5. The predicted octanol–water partition coefficient (Wildman–Crippen LogP) is 3.35. The summed E-state index contributed by atoms with van der Waals surface area (Å²) in [4.78, 5) is 15.4. The Hall–Kier alpha value is -2.79. The predicted molar refractivity (Wildman–Crippen MR) is 102 cm³/mol. The summed E-state index contributed by atoms with van der Waals surface area (Å²) in [6, 6.07) is 15.2. The van der Waals surface area contributed by atoms with Crippen LogP contribution in [0.2, 0.25) is 0 Å². The summed E-state index contributed by atoms with van der Waals surface area (Å²) < 4.78 is 5.64. The number of aliphatic hydroxyl groups is 1. The molecule has 3 rings (SSSR count). The van der Waals surface area contributed by atoms with Crippen LogP contribution in [0.1, 0.15) is 31.1 Å². The molecule has 0 bridgehead atoms. The number of carbonyl (C=O) groups is 1. The van der Waals surface area contributed by atoms with Crippen LogP contribution in [-0.2, 0) is 11.2 Å². The Kier molecular flexibility index (Phi) is 5.58. The number of benzene rings is 2. The lowest BCUT2D eigenvalue weighted by Crippen LogP contribution is -2.29. The third-order valence-corrected chi connectivity index (χ3v) is 4.13. The van der Waals surface area contributed by atoms with Crippen LogP contribution in [0.4, 0.5) is 0 Å². The Bertz CT molecular complexity index is 886. The number of nitrogens with one attached hydrogen (secondary N) is 2. The Labute approximate surface area is 153 Å². The minimum atomic E-state index is -0.780. The largest absolute Gasteiger partial charge is 0.491 e. The van der Waals surface area contributed by atoms with Crippen molar-refractivity contribution in [2.45, 2.75) is 32.5 Å². The van der Waals surface area contributed by atoms with E-state index in [4.69, 9.17) is 4.74 Å². The van der Waals surface area contributed by atoms with E-state index < -0.39 is 6.10 Å². The van der Waals surface area contributed by atoms with E-state index in [0.29, 0.717) is 5.75 Å². The van der Waals surface area contributed by atoms with E-state index in [-0.39, 0.29) is 25.0 Å². The second-order valence-electron chi connectivity index (χ2n) is 6.60. The molecule has 0 aliphatic heterocycles. The second kappa shape index (κ2) is 8.06. The lowest BCUT2D eigenvalue weighted by atomic mass is 10.1. The maximum Gasteiger partial charge on any atom is 0.224 e. The zero-order valence-electron chi connectivity index (χ0n) is 15.0. The fourth-order valence-electron chi connectivity index (χ4n) is 2.91. The van der Waals surface area contributed by atoms with Crippen molar-refractivity contribution < 1.29 is 14.6 Å². The van der Waals surface area contributed by atoms with Crippen LogP contribution in [0.15, 0.2) is 54.7 Å². The summed E-state index contributed by atoms with van der Waals surface area (Å²) in [5.74, 6) is 0.588. The molecule has 1 heterocycles. The van der Waals surface area contributed by atoms with Gasteiger partial charge in [0.15, 0.2) is 0 Å². The van der Waals surface area contributed by atoms with Crippen LogP contribution in [0.5, 0.6) is 5.75 Å². The minimum Gasteiger partial charge on any atom is -0.491 e. The highest BCUT2D eigenvalue weighted by Gasteiger charge is 2.13. The molecule has 0 aliphatic carbocycles. The lowest BCUT2D eigenvalue weighted by Gasteiger charge is -2.15. The molecule has 26 heavy (non-hydrogen) atoms. The third-order valence-electron chi connectivity index (χ3n) is 4.13. The fourth-order valence-corrected chi connectivity index (χ4v) is 2.91. The standard InChI is InChI=1S/C21H24N2O3/c1-14(2)26-17-7-5-6-15(10-17)20(24)13-23-21(25)11-16-12-22-19-9-4-3-8-18(16)19/h3-10,12,14,20,22,24H,11,13H2,1-2H3,(H,23,25). The second-order valence-corrected chi connectivity index (χ2v) is 6.60. The summed E-state index contributed by atoms with van der Waals surface area (Å²) in [6.45, 7) is 4.06. The van der Waals surface area contributed by atoms with Crippen molar-refractivity contribution in [2.24, 2.45) is 0 Å². The van der Waals surface area contributed by atoms with E-state index in [2.05, 4.69) is 10.3 Å². The molecule has 0 radical (unpaired) electrons. The van der Waals surface area contributed by atoms with Gasteiger partial charge in [-0.3, -0.25) is 4.79 Å². The Morgan fingerprint density at radius 3 is 2.81 bits per heavy atom. The van der Waals surface area contributed by atoms with Gasteiger partial charge in [-0.1, -0.05) is 30.3 Å². The van der Waals surface area contributed by atoms with E-state index in [0.717, 1.165) is 22.0 Å². The molecule has 0 saturated heterocycles. The molecule has 1 aromatic heterocycles. The number of para-hydroxylation sites is 1. The molecule has 0 spiro atoms. The van der Waals surface area contributed by atoms with E-state index in [1.54, 1.807) is 6.07 Å². The van der Waals surface area contributed by atoms with Gasteiger partial charge in [-0.25, -0.2) is 0 Å². The van der Waals surface area contributed by atoms with Crippen LogP contribution < -0.4 is 10.1 Å². The normalized spacial score (nSPS) is 12.3. The molecule has 1 unspecified atom stereocenters. The van der Waals surface area contributed by atoms with Gasteiger partial charge in [0, 0.05) is 23.6 Å². The first-order valence-corrected chi connectivity index (χ1v) is 8.79.